The van der Waals surface area contributed by atoms with Gasteiger partial charge in [-0.3, -0.25) is 19.3 Å². The lowest BCUT2D eigenvalue weighted by molar-refractivity contribution is -0.171. The zero-order chi connectivity index (χ0) is 22.6. The lowest BCUT2D eigenvalue weighted by Gasteiger charge is -2.53. The molecule has 1 aromatic carbocycles. The van der Waals surface area contributed by atoms with E-state index in [0.717, 1.165) is 49.4 Å². The molecule has 0 radical (unpaired) electrons. The molecule has 3 atom stereocenters. The van der Waals surface area contributed by atoms with Gasteiger partial charge in [0.25, 0.3) is 11.8 Å². The first-order valence-corrected chi connectivity index (χ1v) is 11.6. The van der Waals surface area contributed by atoms with Crippen molar-refractivity contribution in [3.8, 4) is 0 Å². The van der Waals surface area contributed by atoms with E-state index in [1.807, 2.05) is 6.07 Å². The second-order valence-electron chi connectivity index (χ2n) is 9.34. The standard InChI is InChI=1S/C25H32N4O3/c1-5-25-12-8-13-28-14-11-18-17-9-6-7-10-19(17)29(21(18)22(25)28)20(15-25)23(30)26-16(2)24(31)27(3)32-4/h6-7,9-10,15-16,22H,5,8,11-14H2,1-4H3,(H,26,30)/t16?,22-,25+/m1/s1. The number of carbonyl (C=O) groups excluding carboxylic acids is 2. The van der Waals surface area contributed by atoms with E-state index in [1.54, 1.807) is 14.0 Å². The predicted octanol–water partition coefficient (Wildman–Crippen LogP) is 3.11. The number of amides is 2. The highest BCUT2D eigenvalue weighted by Gasteiger charge is 2.51. The van der Waals surface area contributed by atoms with E-state index in [0.29, 0.717) is 11.7 Å². The molecular formula is C25H32N4O3. The van der Waals surface area contributed by atoms with Gasteiger partial charge in [0.15, 0.2) is 0 Å². The van der Waals surface area contributed by atoms with Gasteiger partial charge < -0.3 is 9.88 Å². The number of hydrogen-bond acceptors (Lipinski definition) is 4. The summed E-state index contributed by atoms with van der Waals surface area (Å²) in [7, 11) is 2.99. The van der Waals surface area contributed by atoms with Crippen LogP contribution in [0, 0.1) is 5.41 Å². The molecule has 7 nitrogen and oxygen atoms in total. The largest absolute Gasteiger partial charge is 0.339 e. The Balaban J connectivity index is 1.65. The van der Waals surface area contributed by atoms with Crippen molar-refractivity contribution in [3.63, 3.8) is 0 Å². The Labute approximate surface area is 188 Å². The SMILES string of the molecule is CC[C@@]12C=C(C(=O)NC(C)C(=O)N(C)OC)n3c4c(c5ccccc53)CCN(CCC1)[C@H]42. The summed E-state index contributed by atoms with van der Waals surface area (Å²) in [5, 5.41) is 5.32. The number of nitrogens with zero attached hydrogens (tertiary/aromatic N) is 3. The average Bonchev–Trinajstić information content (AvgIpc) is 3.16. The highest BCUT2D eigenvalue weighted by Crippen LogP contribution is 2.56. The molecule has 2 amide bonds. The summed E-state index contributed by atoms with van der Waals surface area (Å²) in [5.41, 5.74) is 4.30. The van der Waals surface area contributed by atoms with Crippen LogP contribution in [0.3, 0.4) is 0 Å². The van der Waals surface area contributed by atoms with Crippen molar-refractivity contribution in [1.82, 2.24) is 19.8 Å². The van der Waals surface area contributed by atoms with Crippen LogP contribution in [0.1, 0.15) is 50.4 Å². The van der Waals surface area contributed by atoms with Crippen molar-refractivity contribution in [1.29, 1.82) is 0 Å². The monoisotopic (exact) mass is 436 g/mol. The van der Waals surface area contributed by atoms with Gasteiger partial charge in [0.2, 0.25) is 0 Å². The minimum atomic E-state index is -0.691. The third-order valence-corrected chi connectivity index (χ3v) is 7.78. The molecule has 0 saturated carbocycles. The van der Waals surface area contributed by atoms with Crippen molar-refractivity contribution in [2.45, 2.75) is 51.6 Å². The molecule has 4 heterocycles. The summed E-state index contributed by atoms with van der Waals surface area (Å²) in [6.45, 7) is 6.11. The van der Waals surface area contributed by atoms with Crippen LogP contribution in [0.2, 0.25) is 0 Å². The molecule has 3 aliphatic rings. The van der Waals surface area contributed by atoms with Gasteiger partial charge in [-0.2, -0.15) is 0 Å². The van der Waals surface area contributed by atoms with Crippen LogP contribution in [-0.2, 0) is 20.8 Å². The number of carbonyl (C=O) groups is 2. The fourth-order valence-electron chi connectivity index (χ4n) is 6.14. The maximum absolute atomic E-state index is 13.6. The zero-order valence-electron chi connectivity index (χ0n) is 19.4. The van der Waals surface area contributed by atoms with E-state index in [1.165, 1.54) is 23.8 Å². The molecule has 5 rings (SSSR count). The topological polar surface area (TPSA) is 66.8 Å². The van der Waals surface area contributed by atoms with E-state index >= 15 is 0 Å². The normalized spacial score (nSPS) is 25.1. The van der Waals surface area contributed by atoms with E-state index in [9.17, 15) is 9.59 Å². The number of aromatic nitrogens is 1. The van der Waals surface area contributed by atoms with Gasteiger partial charge in [-0.1, -0.05) is 25.1 Å². The van der Waals surface area contributed by atoms with Crippen molar-refractivity contribution >= 4 is 28.4 Å². The Morgan fingerprint density at radius 2 is 2.09 bits per heavy atom. The van der Waals surface area contributed by atoms with Gasteiger partial charge in [-0.15, -0.1) is 0 Å². The predicted molar refractivity (Wildman–Crippen MR) is 124 cm³/mol. The molecule has 1 fully saturated rings. The summed E-state index contributed by atoms with van der Waals surface area (Å²) < 4.78 is 2.17. The molecule has 2 aromatic rings. The lowest BCUT2D eigenvalue weighted by Crippen LogP contribution is -2.52. The van der Waals surface area contributed by atoms with Crippen LogP contribution in [0.25, 0.3) is 16.6 Å². The van der Waals surface area contributed by atoms with Crippen LogP contribution in [0.15, 0.2) is 30.3 Å². The third-order valence-electron chi connectivity index (χ3n) is 7.78. The maximum Gasteiger partial charge on any atom is 0.268 e. The van der Waals surface area contributed by atoms with E-state index in [2.05, 4.69) is 46.0 Å². The Hall–Kier alpha value is -2.64. The minimum Gasteiger partial charge on any atom is -0.339 e. The van der Waals surface area contributed by atoms with E-state index in [-0.39, 0.29) is 17.2 Å². The van der Waals surface area contributed by atoms with Crippen LogP contribution in [0.5, 0.6) is 0 Å². The van der Waals surface area contributed by atoms with Gasteiger partial charge in [-0.05, 0) is 56.9 Å². The summed E-state index contributed by atoms with van der Waals surface area (Å²) in [5.74, 6) is -0.503. The number of hydrogen-bond donors (Lipinski definition) is 1. The van der Waals surface area contributed by atoms with Crippen molar-refractivity contribution in [2.75, 3.05) is 27.2 Å². The quantitative estimate of drug-likeness (QED) is 0.732. The smallest absolute Gasteiger partial charge is 0.268 e. The molecular weight excluding hydrogens is 404 g/mol. The Kier molecular flexibility index (Phi) is 5.13. The molecule has 170 valence electrons. The van der Waals surface area contributed by atoms with Crippen LogP contribution >= 0.6 is 0 Å². The van der Waals surface area contributed by atoms with Crippen molar-refractivity contribution < 1.29 is 14.4 Å². The number of para-hydroxylation sites is 1. The molecule has 32 heavy (non-hydrogen) atoms. The van der Waals surface area contributed by atoms with E-state index in [4.69, 9.17) is 4.84 Å². The van der Waals surface area contributed by atoms with Crippen molar-refractivity contribution in [3.05, 3.63) is 41.6 Å². The van der Waals surface area contributed by atoms with Crippen LogP contribution in [0.4, 0.5) is 0 Å². The van der Waals surface area contributed by atoms with Crippen molar-refractivity contribution in [2.24, 2.45) is 5.41 Å². The molecule has 7 heteroatoms. The van der Waals surface area contributed by atoms with Gasteiger partial charge in [0.05, 0.1) is 18.7 Å². The summed E-state index contributed by atoms with van der Waals surface area (Å²) in [6.07, 6.45) is 6.40. The number of fused-ring (bicyclic) bond motifs is 3. The van der Waals surface area contributed by atoms with Crippen LogP contribution in [-0.4, -0.2) is 59.6 Å². The maximum atomic E-state index is 13.6. The lowest BCUT2D eigenvalue weighted by atomic mass is 9.66. The first-order chi connectivity index (χ1) is 15.4. The molecule has 1 unspecified atom stereocenters. The summed E-state index contributed by atoms with van der Waals surface area (Å²) in [6, 6.07) is 8.01. The molecule has 1 saturated heterocycles. The zero-order valence-corrected chi connectivity index (χ0v) is 19.4. The first kappa shape index (κ1) is 21.2. The number of likely N-dealkylation sites (N-methyl/N-ethyl adjacent to an activating group) is 1. The second-order valence-corrected chi connectivity index (χ2v) is 9.34. The molecule has 0 aliphatic carbocycles. The summed E-state index contributed by atoms with van der Waals surface area (Å²) >= 11 is 0. The first-order valence-electron chi connectivity index (χ1n) is 11.6. The van der Waals surface area contributed by atoms with Gasteiger partial charge in [0.1, 0.15) is 11.7 Å². The highest BCUT2D eigenvalue weighted by molar-refractivity contribution is 6.17. The van der Waals surface area contributed by atoms with E-state index < -0.39 is 6.04 Å². The van der Waals surface area contributed by atoms with Gasteiger partial charge in [0, 0.05) is 30.1 Å². The molecule has 3 aliphatic heterocycles. The number of piperidine rings is 1. The minimum absolute atomic E-state index is 0.0684. The Morgan fingerprint density at radius 3 is 2.84 bits per heavy atom. The highest BCUT2D eigenvalue weighted by atomic mass is 16.7. The third kappa shape index (κ3) is 2.94. The number of hydroxylamine groups is 2. The number of rotatable bonds is 5. The number of nitrogens with one attached hydrogen (secondary N) is 1. The van der Waals surface area contributed by atoms with Crippen LogP contribution < -0.4 is 5.32 Å². The number of benzene rings is 1. The Morgan fingerprint density at radius 1 is 1.31 bits per heavy atom. The molecule has 1 aromatic heterocycles. The molecule has 1 N–H and O–H groups in total. The average molecular weight is 437 g/mol. The van der Waals surface area contributed by atoms with Gasteiger partial charge in [-0.25, -0.2) is 5.06 Å². The molecule has 0 spiro atoms. The second kappa shape index (κ2) is 7.74. The fourth-order valence-corrected chi connectivity index (χ4v) is 6.14. The van der Waals surface area contributed by atoms with Gasteiger partial charge >= 0.3 is 0 Å². The molecule has 0 bridgehead atoms. The fraction of sp³-hybridized carbons (Fsp3) is 0.520. The summed E-state index contributed by atoms with van der Waals surface area (Å²) in [4.78, 5) is 33.8. The Bertz CT molecular complexity index is 1120.